The lowest BCUT2D eigenvalue weighted by molar-refractivity contribution is -0.118. The van der Waals surface area contributed by atoms with Gasteiger partial charge in [-0.1, -0.05) is 11.6 Å². The van der Waals surface area contributed by atoms with Gasteiger partial charge in [-0.15, -0.1) is 0 Å². The van der Waals surface area contributed by atoms with Crippen LogP contribution in [0.25, 0.3) is 17.1 Å². The topological polar surface area (TPSA) is 102 Å². The number of nitrogens with one attached hydrogen (secondary N) is 2. The highest BCUT2D eigenvalue weighted by Gasteiger charge is 2.51. The molecule has 1 aromatic carbocycles. The van der Waals surface area contributed by atoms with E-state index >= 15 is 0 Å². The molecule has 166 valence electrons. The Labute approximate surface area is 202 Å². The molecule has 0 unspecified atom stereocenters. The number of benzene rings is 1. The number of hydrogen-bond acceptors (Lipinski definition) is 5. The Hall–Kier alpha value is -3.43. The van der Waals surface area contributed by atoms with Crippen molar-refractivity contribution in [2.24, 2.45) is 0 Å². The maximum atomic E-state index is 13.1. The van der Waals surface area contributed by atoms with Gasteiger partial charge in [-0.25, -0.2) is 9.67 Å². The smallest absolute Gasteiger partial charge is 0.270 e. The van der Waals surface area contributed by atoms with Gasteiger partial charge in [-0.05, 0) is 77.3 Å². The number of furan rings is 1. The maximum absolute atomic E-state index is 13.1. The first-order valence-corrected chi connectivity index (χ1v) is 11.3. The summed E-state index contributed by atoms with van der Waals surface area (Å²) in [5.41, 5.74) is 0.763. The average molecular weight is 527 g/mol. The monoisotopic (exact) mass is 525 g/mol. The molecule has 0 radical (unpaired) electrons. The van der Waals surface area contributed by atoms with Gasteiger partial charge in [0.05, 0.1) is 11.3 Å². The summed E-state index contributed by atoms with van der Waals surface area (Å²) in [4.78, 5) is 30.3. The molecule has 1 aliphatic rings. The first-order valence-electron chi connectivity index (χ1n) is 10.1. The van der Waals surface area contributed by atoms with Gasteiger partial charge in [0.25, 0.3) is 5.91 Å². The Kier molecular flexibility index (Phi) is 5.51. The second-order valence-corrected chi connectivity index (χ2v) is 8.84. The van der Waals surface area contributed by atoms with Crippen LogP contribution in [0.2, 0.25) is 5.02 Å². The molecule has 0 spiro atoms. The van der Waals surface area contributed by atoms with Crippen LogP contribution in [-0.4, -0.2) is 32.1 Å². The summed E-state index contributed by atoms with van der Waals surface area (Å²) < 4.78 is 7.18. The van der Waals surface area contributed by atoms with Gasteiger partial charge in [0.2, 0.25) is 5.91 Å². The van der Waals surface area contributed by atoms with Crippen LogP contribution in [0.4, 0.5) is 5.69 Å². The number of pyridine rings is 1. The third-order valence-electron chi connectivity index (χ3n) is 5.34. The average Bonchev–Trinajstić information content (AvgIpc) is 3.20. The SMILES string of the molecule is O=C(NC1(C(=O)Nc2ccc(-c3ccco3)cc2)CC1)c1cc(Br)nn1-c1ncccc1Cl. The van der Waals surface area contributed by atoms with Crippen LogP contribution in [0.3, 0.4) is 0 Å². The van der Waals surface area contributed by atoms with E-state index < -0.39 is 11.4 Å². The van der Waals surface area contributed by atoms with E-state index in [0.717, 1.165) is 11.3 Å². The van der Waals surface area contributed by atoms with Crippen molar-refractivity contribution in [3.8, 4) is 17.1 Å². The zero-order valence-electron chi connectivity index (χ0n) is 17.1. The number of amides is 2. The van der Waals surface area contributed by atoms with Crippen LogP contribution in [0.5, 0.6) is 0 Å². The van der Waals surface area contributed by atoms with Gasteiger partial charge in [0.1, 0.15) is 21.6 Å². The molecule has 2 amide bonds. The first-order chi connectivity index (χ1) is 15.9. The maximum Gasteiger partial charge on any atom is 0.270 e. The molecule has 2 N–H and O–H groups in total. The fourth-order valence-corrected chi connectivity index (χ4v) is 4.01. The van der Waals surface area contributed by atoms with E-state index in [1.807, 2.05) is 24.3 Å². The lowest BCUT2D eigenvalue weighted by atomic mass is 10.1. The molecule has 1 saturated carbocycles. The summed E-state index contributed by atoms with van der Waals surface area (Å²) in [6.07, 6.45) is 4.24. The Bertz CT molecular complexity index is 1330. The van der Waals surface area contributed by atoms with E-state index in [9.17, 15) is 9.59 Å². The predicted octanol–water partition coefficient (Wildman–Crippen LogP) is 4.84. The van der Waals surface area contributed by atoms with E-state index in [1.165, 1.54) is 4.68 Å². The summed E-state index contributed by atoms with van der Waals surface area (Å²) in [5, 5.41) is 10.4. The summed E-state index contributed by atoms with van der Waals surface area (Å²) >= 11 is 9.53. The molecule has 0 bridgehead atoms. The van der Waals surface area contributed by atoms with E-state index in [0.29, 0.717) is 34.0 Å². The molecule has 0 saturated heterocycles. The number of rotatable bonds is 6. The van der Waals surface area contributed by atoms with Crippen molar-refractivity contribution in [1.29, 1.82) is 0 Å². The Morgan fingerprint density at radius 3 is 2.58 bits per heavy atom. The van der Waals surface area contributed by atoms with Gasteiger partial charge in [-0.2, -0.15) is 5.10 Å². The lowest BCUT2D eigenvalue weighted by Crippen LogP contribution is -2.46. The van der Waals surface area contributed by atoms with E-state index in [1.54, 1.807) is 42.8 Å². The minimum absolute atomic E-state index is 0.212. The van der Waals surface area contributed by atoms with E-state index in [4.69, 9.17) is 16.0 Å². The highest BCUT2D eigenvalue weighted by Crippen LogP contribution is 2.37. The van der Waals surface area contributed by atoms with Crippen LogP contribution in [0.15, 0.2) is 76.1 Å². The quantitative estimate of drug-likeness (QED) is 0.374. The molecule has 3 heterocycles. The fraction of sp³-hybridized carbons (Fsp3) is 0.130. The summed E-state index contributed by atoms with van der Waals surface area (Å²) in [6.45, 7) is 0. The van der Waals surface area contributed by atoms with Gasteiger partial charge in [-0.3, -0.25) is 9.59 Å². The number of anilines is 1. The van der Waals surface area contributed by atoms with Crippen LogP contribution < -0.4 is 10.6 Å². The Balaban J connectivity index is 1.31. The second-order valence-electron chi connectivity index (χ2n) is 7.62. The molecule has 33 heavy (non-hydrogen) atoms. The van der Waals surface area contributed by atoms with Crippen LogP contribution in [0, 0.1) is 0 Å². The van der Waals surface area contributed by atoms with Gasteiger partial charge in [0, 0.05) is 23.5 Å². The molecule has 3 aromatic heterocycles. The zero-order chi connectivity index (χ0) is 23.0. The van der Waals surface area contributed by atoms with E-state index in [2.05, 4.69) is 36.6 Å². The van der Waals surface area contributed by atoms with Crippen molar-refractivity contribution in [3.63, 3.8) is 0 Å². The normalized spacial score (nSPS) is 14.0. The summed E-state index contributed by atoms with van der Waals surface area (Å²) in [5.74, 6) is 0.342. The van der Waals surface area contributed by atoms with Crippen molar-refractivity contribution < 1.29 is 14.0 Å². The molecule has 1 fully saturated rings. The third kappa shape index (κ3) is 4.29. The molecule has 0 aliphatic heterocycles. The van der Waals surface area contributed by atoms with Crippen molar-refractivity contribution in [2.45, 2.75) is 18.4 Å². The van der Waals surface area contributed by atoms with Crippen molar-refractivity contribution >= 4 is 45.0 Å². The number of nitrogens with zero attached hydrogens (tertiary/aromatic N) is 3. The molecule has 0 atom stereocenters. The second kappa shape index (κ2) is 8.49. The van der Waals surface area contributed by atoms with Crippen molar-refractivity contribution in [2.75, 3.05) is 5.32 Å². The number of halogens is 2. The molecule has 4 aromatic rings. The molecular formula is C23H17BrClN5O3. The first kappa shape index (κ1) is 21.4. The lowest BCUT2D eigenvalue weighted by Gasteiger charge is -2.18. The molecular weight excluding hydrogens is 510 g/mol. The van der Waals surface area contributed by atoms with Crippen LogP contribution >= 0.6 is 27.5 Å². The fourth-order valence-electron chi connectivity index (χ4n) is 3.44. The molecule has 8 nitrogen and oxygen atoms in total. The van der Waals surface area contributed by atoms with Crippen LogP contribution in [0.1, 0.15) is 23.3 Å². The highest BCUT2D eigenvalue weighted by molar-refractivity contribution is 9.10. The van der Waals surface area contributed by atoms with Gasteiger partial charge < -0.3 is 15.1 Å². The molecule has 1 aliphatic carbocycles. The highest BCUT2D eigenvalue weighted by atomic mass is 79.9. The van der Waals surface area contributed by atoms with Crippen molar-refractivity contribution in [3.05, 3.63) is 82.4 Å². The Morgan fingerprint density at radius 2 is 1.91 bits per heavy atom. The predicted molar refractivity (Wildman–Crippen MR) is 126 cm³/mol. The van der Waals surface area contributed by atoms with Gasteiger partial charge >= 0.3 is 0 Å². The van der Waals surface area contributed by atoms with Crippen molar-refractivity contribution in [1.82, 2.24) is 20.1 Å². The van der Waals surface area contributed by atoms with Crippen LogP contribution in [-0.2, 0) is 4.79 Å². The largest absolute Gasteiger partial charge is 0.464 e. The minimum atomic E-state index is -0.980. The van der Waals surface area contributed by atoms with Gasteiger partial charge in [0.15, 0.2) is 5.82 Å². The Morgan fingerprint density at radius 1 is 1.12 bits per heavy atom. The number of carbonyl (C=O) groups is 2. The molecule has 5 rings (SSSR count). The number of hydrogen-bond donors (Lipinski definition) is 2. The minimum Gasteiger partial charge on any atom is -0.464 e. The third-order valence-corrected chi connectivity index (χ3v) is 6.02. The number of carbonyl (C=O) groups excluding carboxylic acids is 2. The molecule has 10 heteroatoms. The van der Waals surface area contributed by atoms with E-state index in [-0.39, 0.29) is 11.6 Å². The summed E-state index contributed by atoms with van der Waals surface area (Å²) in [7, 11) is 0. The standard InChI is InChI=1S/C23H17BrClN5O3/c24-19-13-17(30(29-19)20-16(25)3-1-11-26-20)21(31)28-23(9-10-23)22(32)27-15-7-5-14(6-8-15)18-4-2-12-33-18/h1-8,11-13H,9-10H2,(H,27,32)(H,28,31). The zero-order valence-corrected chi connectivity index (χ0v) is 19.4. The number of aromatic nitrogens is 3. The summed E-state index contributed by atoms with van der Waals surface area (Å²) in [6, 6.07) is 15.9.